The lowest BCUT2D eigenvalue weighted by Gasteiger charge is -2.09. The highest BCUT2D eigenvalue weighted by molar-refractivity contribution is 5.85. The van der Waals surface area contributed by atoms with E-state index in [0.29, 0.717) is 0 Å². The molecule has 106 valence electrons. The van der Waals surface area contributed by atoms with Crippen molar-refractivity contribution >= 4 is 5.97 Å². The van der Waals surface area contributed by atoms with Crippen molar-refractivity contribution in [1.29, 1.82) is 0 Å². The molecule has 1 aliphatic rings. The summed E-state index contributed by atoms with van der Waals surface area (Å²) in [5.74, 6) is -0.990. The molecule has 0 aromatic carbocycles. The largest absolute Gasteiger partial charge is 0.477 e. The number of carboxylic acids is 1. The number of hydrogen-bond acceptors (Lipinski definition) is 7. The number of pyridine rings is 1. The van der Waals surface area contributed by atoms with E-state index in [0.717, 1.165) is 0 Å². The van der Waals surface area contributed by atoms with Crippen molar-refractivity contribution in [3.63, 3.8) is 0 Å². The fraction of sp³-hybridized carbons (Fsp3) is 0.455. The normalized spacial score (nSPS) is 29.5. The Morgan fingerprint density at radius 3 is 2.21 bits per heavy atom. The van der Waals surface area contributed by atoms with Crippen LogP contribution in [0, 0.1) is 0 Å². The number of ether oxygens (including phenoxy) is 1. The molecule has 0 radical (unpaired) electrons. The van der Waals surface area contributed by atoms with Crippen molar-refractivity contribution in [3.8, 4) is 0 Å². The zero-order chi connectivity index (χ0) is 14.4. The summed E-state index contributed by atoms with van der Waals surface area (Å²) in [5.41, 5.74) is 0.0810. The van der Waals surface area contributed by atoms with Gasteiger partial charge in [0.1, 0.15) is 24.0 Å². The summed E-state index contributed by atoms with van der Waals surface area (Å²) in [6.07, 6.45) is -3.31. The highest BCUT2D eigenvalue weighted by Crippen LogP contribution is 2.18. The molecule has 1 saturated heterocycles. The first kappa shape index (κ1) is 15.5. The number of aliphatic hydroxyl groups excluding tert-OH is 4. The molecule has 5 N–H and O–H groups in total. The van der Waals surface area contributed by atoms with Crippen molar-refractivity contribution in [3.05, 3.63) is 30.1 Å². The van der Waals surface area contributed by atoms with E-state index in [-0.39, 0.29) is 5.69 Å². The van der Waals surface area contributed by atoms with E-state index in [4.69, 9.17) is 25.5 Å². The molecule has 0 saturated carbocycles. The van der Waals surface area contributed by atoms with Gasteiger partial charge in [-0.3, -0.25) is 0 Å². The third-order valence-corrected chi connectivity index (χ3v) is 2.40. The monoisotopic (exact) mass is 273 g/mol. The molecule has 1 unspecified atom stereocenters. The molecule has 2 heterocycles. The predicted octanol–water partition coefficient (Wildman–Crippen LogP) is -1.80. The number of aromatic nitrogens is 1. The standard InChI is InChI=1S/C6H5NO2.C5H10O5/c8-6(9)5-3-1-2-4-7-5;6-1-2-3(7)4(8)5(9)10-2/h1-4H,(H,8,9);2-9H,1H2/t;2-,3-,4-,5?/m.1/s1. The quantitative estimate of drug-likeness (QED) is 0.425. The second kappa shape index (κ2) is 7.12. The van der Waals surface area contributed by atoms with Crippen LogP contribution >= 0.6 is 0 Å². The number of rotatable bonds is 2. The van der Waals surface area contributed by atoms with Crippen LogP contribution < -0.4 is 0 Å². The van der Waals surface area contributed by atoms with Gasteiger partial charge in [0.25, 0.3) is 0 Å². The van der Waals surface area contributed by atoms with E-state index in [9.17, 15) is 4.79 Å². The van der Waals surface area contributed by atoms with E-state index in [1.54, 1.807) is 12.1 Å². The van der Waals surface area contributed by atoms with Crippen molar-refractivity contribution in [1.82, 2.24) is 4.98 Å². The highest BCUT2D eigenvalue weighted by Gasteiger charge is 2.41. The fourth-order valence-corrected chi connectivity index (χ4v) is 1.37. The molecular formula is C11H15NO7. The lowest BCUT2D eigenvalue weighted by atomic mass is 10.1. The van der Waals surface area contributed by atoms with Crippen LogP contribution in [-0.2, 0) is 4.74 Å². The summed E-state index contributed by atoms with van der Waals surface area (Å²) in [4.78, 5) is 13.7. The van der Waals surface area contributed by atoms with Gasteiger partial charge < -0.3 is 30.3 Å². The van der Waals surface area contributed by atoms with Crippen LogP contribution in [0.3, 0.4) is 0 Å². The number of hydrogen-bond donors (Lipinski definition) is 5. The average Bonchev–Trinajstić information content (AvgIpc) is 2.67. The van der Waals surface area contributed by atoms with Crippen LogP contribution in [0.4, 0.5) is 0 Å². The first-order valence-electron chi connectivity index (χ1n) is 5.42. The molecule has 4 atom stereocenters. The minimum atomic E-state index is -1.38. The van der Waals surface area contributed by atoms with Crippen molar-refractivity contribution < 1.29 is 35.1 Å². The minimum absolute atomic E-state index is 0.0810. The third-order valence-electron chi connectivity index (χ3n) is 2.40. The Bertz CT molecular complexity index is 399. The van der Waals surface area contributed by atoms with Gasteiger partial charge in [-0.15, -0.1) is 0 Å². The molecule has 1 aliphatic heterocycles. The second-order valence-electron chi connectivity index (χ2n) is 3.75. The maximum Gasteiger partial charge on any atom is 0.354 e. The number of aliphatic hydroxyl groups is 4. The van der Waals surface area contributed by atoms with Gasteiger partial charge in [-0.2, -0.15) is 0 Å². The maximum absolute atomic E-state index is 10.1. The van der Waals surface area contributed by atoms with Gasteiger partial charge in [0, 0.05) is 6.20 Å². The van der Waals surface area contributed by atoms with E-state index >= 15 is 0 Å². The molecule has 0 spiro atoms. The summed E-state index contributed by atoms with van der Waals surface area (Å²) >= 11 is 0. The molecule has 1 fully saturated rings. The average molecular weight is 273 g/mol. The SMILES string of the molecule is O=C(O)c1ccccn1.OC[C@H]1OC(O)[C@H](O)[C@@H]1O. The van der Waals surface area contributed by atoms with Gasteiger partial charge in [0.15, 0.2) is 6.29 Å². The zero-order valence-electron chi connectivity index (χ0n) is 9.83. The molecule has 0 bridgehead atoms. The van der Waals surface area contributed by atoms with Crippen molar-refractivity contribution in [2.45, 2.75) is 24.6 Å². The van der Waals surface area contributed by atoms with E-state index in [1.807, 2.05) is 0 Å². The minimum Gasteiger partial charge on any atom is -0.477 e. The van der Waals surface area contributed by atoms with Crippen LogP contribution in [0.1, 0.15) is 10.5 Å². The number of aromatic carboxylic acids is 1. The number of carbonyl (C=O) groups is 1. The molecule has 8 nitrogen and oxygen atoms in total. The molecule has 19 heavy (non-hydrogen) atoms. The van der Waals surface area contributed by atoms with Gasteiger partial charge in [-0.25, -0.2) is 9.78 Å². The molecular weight excluding hydrogens is 258 g/mol. The van der Waals surface area contributed by atoms with E-state index in [2.05, 4.69) is 9.72 Å². The Labute approximate surface area is 108 Å². The summed E-state index contributed by atoms with van der Waals surface area (Å²) in [7, 11) is 0. The Morgan fingerprint density at radius 2 is 1.95 bits per heavy atom. The molecule has 0 amide bonds. The zero-order valence-corrected chi connectivity index (χ0v) is 9.83. The van der Waals surface area contributed by atoms with Gasteiger partial charge in [-0.05, 0) is 12.1 Å². The van der Waals surface area contributed by atoms with Crippen LogP contribution in [-0.4, -0.2) is 67.7 Å². The topological polar surface area (TPSA) is 140 Å². The Kier molecular flexibility index (Phi) is 5.80. The molecule has 8 heteroatoms. The molecule has 0 aliphatic carbocycles. The number of carboxylic acid groups (broad SMARTS) is 1. The number of nitrogens with zero attached hydrogens (tertiary/aromatic N) is 1. The fourth-order valence-electron chi connectivity index (χ4n) is 1.37. The van der Waals surface area contributed by atoms with E-state index < -0.39 is 37.2 Å². The van der Waals surface area contributed by atoms with Crippen molar-refractivity contribution in [2.24, 2.45) is 0 Å². The summed E-state index contributed by atoms with van der Waals surface area (Å²) in [6, 6.07) is 4.76. The van der Waals surface area contributed by atoms with Gasteiger partial charge in [0.2, 0.25) is 0 Å². The Morgan fingerprint density at radius 1 is 1.26 bits per heavy atom. The third kappa shape index (κ3) is 4.23. The molecule has 1 aromatic rings. The second-order valence-corrected chi connectivity index (χ2v) is 3.75. The summed E-state index contributed by atoms with van der Waals surface area (Å²) in [5, 5.41) is 43.3. The first-order chi connectivity index (χ1) is 8.97. The lowest BCUT2D eigenvalue weighted by Crippen LogP contribution is -2.33. The van der Waals surface area contributed by atoms with Gasteiger partial charge in [-0.1, -0.05) is 6.07 Å². The van der Waals surface area contributed by atoms with Crippen LogP contribution in [0.15, 0.2) is 24.4 Å². The first-order valence-corrected chi connectivity index (χ1v) is 5.42. The lowest BCUT2D eigenvalue weighted by molar-refractivity contribution is -0.132. The van der Waals surface area contributed by atoms with E-state index in [1.165, 1.54) is 12.3 Å². The van der Waals surface area contributed by atoms with Crippen molar-refractivity contribution in [2.75, 3.05) is 6.61 Å². The van der Waals surface area contributed by atoms with Crippen LogP contribution in [0.2, 0.25) is 0 Å². The molecule has 2 rings (SSSR count). The van der Waals surface area contributed by atoms with Gasteiger partial charge >= 0.3 is 5.97 Å². The highest BCUT2D eigenvalue weighted by atomic mass is 16.6. The van der Waals surface area contributed by atoms with Crippen LogP contribution in [0.25, 0.3) is 0 Å². The predicted molar refractivity (Wildman–Crippen MR) is 61.2 cm³/mol. The van der Waals surface area contributed by atoms with Gasteiger partial charge in [0.05, 0.1) is 6.61 Å². The summed E-state index contributed by atoms with van der Waals surface area (Å²) < 4.78 is 4.54. The Hall–Kier alpha value is -1.58. The molecule has 1 aromatic heterocycles. The van der Waals surface area contributed by atoms with Crippen LogP contribution in [0.5, 0.6) is 0 Å². The maximum atomic E-state index is 10.1. The smallest absolute Gasteiger partial charge is 0.354 e. The summed E-state index contributed by atoms with van der Waals surface area (Å²) in [6.45, 7) is -0.407. The Balaban J connectivity index is 0.000000191.